The highest BCUT2D eigenvalue weighted by atomic mass is 16.1. The number of nitrogens with zero attached hydrogens (tertiary/aromatic N) is 2. The Kier molecular flexibility index (Phi) is 5.50. The lowest BCUT2D eigenvalue weighted by molar-refractivity contribution is 0.0945. The summed E-state index contributed by atoms with van der Waals surface area (Å²) in [5, 5.41) is 6.22. The second-order valence-electron chi connectivity index (χ2n) is 6.80. The van der Waals surface area contributed by atoms with Crippen LogP contribution in [0.3, 0.4) is 0 Å². The molecule has 0 aliphatic carbocycles. The summed E-state index contributed by atoms with van der Waals surface area (Å²) in [6.45, 7) is 8.35. The maximum atomic E-state index is 12.6. The monoisotopic (exact) mass is 360 g/mol. The molecule has 0 saturated heterocycles. The summed E-state index contributed by atoms with van der Waals surface area (Å²) in [4.78, 5) is 21.2. The molecule has 0 aliphatic heterocycles. The lowest BCUT2D eigenvalue weighted by Gasteiger charge is -2.12. The molecule has 3 rings (SSSR count). The number of carbonyl (C=O) groups is 1. The minimum Gasteiger partial charge on any atom is -0.347 e. The fourth-order valence-electron chi connectivity index (χ4n) is 2.85. The first-order valence-corrected chi connectivity index (χ1v) is 8.94. The summed E-state index contributed by atoms with van der Waals surface area (Å²) in [5.74, 6) is 0.939. The maximum Gasteiger partial charge on any atom is 0.270 e. The Balaban J connectivity index is 1.76. The molecule has 0 aliphatic rings. The molecule has 1 heterocycles. The number of benzene rings is 2. The summed E-state index contributed by atoms with van der Waals surface area (Å²) < 4.78 is 0. The minimum absolute atomic E-state index is 0.217. The molecule has 5 heteroatoms. The molecule has 0 saturated carbocycles. The number of aromatic nitrogens is 2. The van der Waals surface area contributed by atoms with Crippen molar-refractivity contribution in [2.75, 3.05) is 5.32 Å². The Labute approximate surface area is 159 Å². The highest BCUT2D eigenvalue weighted by Gasteiger charge is 2.11. The van der Waals surface area contributed by atoms with Crippen LogP contribution in [0.1, 0.15) is 38.6 Å². The highest BCUT2D eigenvalue weighted by molar-refractivity contribution is 5.93. The zero-order valence-corrected chi connectivity index (χ0v) is 16.1. The Morgan fingerprint density at radius 2 is 1.70 bits per heavy atom. The van der Waals surface area contributed by atoms with Crippen molar-refractivity contribution in [3.63, 3.8) is 0 Å². The van der Waals surface area contributed by atoms with Gasteiger partial charge in [-0.15, -0.1) is 0 Å². The zero-order chi connectivity index (χ0) is 19.4. The van der Waals surface area contributed by atoms with Crippen LogP contribution in [0, 0.1) is 27.7 Å². The average Bonchev–Trinajstić information content (AvgIpc) is 2.62. The van der Waals surface area contributed by atoms with Crippen molar-refractivity contribution < 1.29 is 4.79 Å². The number of amides is 1. The molecule has 0 bridgehead atoms. The lowest BCUT2D eigenvalue weighted by atomic mass is 10.1. The van der Waals surface area contributed by atoms with Crippen LogP contribution in [0.2, 0.25) is 0 Å². The fraction of sp³-hybridized carbons (Fsp3) is 0.227. The molecule has 1 aromatic heterocycles. The first-order valence-electron chi connectivity index (χ1n) is 8.94. The number of hydrogen-bond donors (Lipinski definition) is 2. The van der Waals surface area contributed by atoms with E-state index in [0.29, 0.717) is 23.9 Å². The van der Waals surface area contributed by atoms with E-state index >= 15 is 0 Å². The van der Waals surface area contributed by atoms with E-state index in [-0.39, 0.29) is 5.91 Å². The predicted molar refractivity (Wildman–Crippen MR) is 108 cm³/mol. The Hall–Kier alpha value is -3.21. The van der Waals surface area contributed by atoms with E-state index in [1.165, 1.54) is 5.56 Å². The van der Waals surface area contributed by atoms with Gasteiger partial charge in [0, 0.05) is 18.3 Å². The van der Waals surface area contributed by atoms with Gasteiger partial charge >= 0.3 is 0 Å². The third-order valence-electron chi connectivity index (χ3n) is 4.26. The number of carbonyl (C=O) groups excluding carboxylic acids is 1. The molecule has 1 amide bonds. The van der Waals surface area contributed by atoms with Crippen molar-refractivity contribution in [2.24, 2.45) is 0 Å². The number of hydrogen-bond acceptors (Lipinski definition) is 4. The molecular weight excluding hydrogens is 336 g/mol. The summed E-state index contributed by atoms with van der Waals surface area (Å²) in [6, 6.07) is 15.9. The lowest BCUT2D eigenvalue weighted by Crippen LogP contribution is -2.24. The third kappa shape index (κ3) is 4.91. The highest BCUT2D eigenvalue weighted by Crippen LogP contribution is 2.21. The van der Waals surface area contributed by atoms with Crippen LogP contribution in [0.15, 0.2) is 48.5 Å². The van der Waals surface area contributed by atoms with E-state index in [2.05, 4.69) is 44.9 Å². The standard InChI is InChI=1S/C22H24N4O/c1-14-6-5-7-18(10-14)13-23-22(27)20-12-21(25-17(4)24-20)26-19-11-15(2)8-9-16(19)3/h5-12H,13H2,1-4H3,(H,23,27)(H,24,25,26). The van der Waals surface area contributed by atoms with Crippen LogP contribution >= 0.6 is 0 Å². The van der Waals surface area contributed by atoms with Gasteiger partial charge in [0.1, 0.15) is 17.3 Å². The van der Waals surface area contributed by atoms with E-state index in [1.54, 1.807) is 13.0 Å². The molecule has 0 atom stereocenters. The van der Waals surface area contributed by atoms with Gasteiger partial charge in [-0.2, -0.15) is 0 Å². The number of aryl methyl sites for hydroxylation is 4. The largest absolute Gasteiger partial charge is 0.347 e. The van der Waals surface area contributed by atoms with E-state index in [0.717, 1.165) is 22.4 Å². The van der Waals surface area contributed by atoms with Gasteiger partial charge < -0.3 is 10.6 Å². The van der Waals surface area contributed by atoms with Crippen LogP contribution in [0.25, 0.3) is 0 Å². The van der Waals surface area contributed by atoms with Crippen LogP contribution < -0.4 is 10.6 Å². The molecule has 5 nitrogen and oxygen atoms in total. The predicted octanol–water partition coefficient (Wildman–Crippen LogP) is 4.38. The van der Waals surface area contributed by atoms with Crippen LogP contribution in [-0.2, 0) is 6.54 Å². The molecule has 138 valence electrons. The second kappa shape index (κ2) is 7.99. The Morgan fingerprint density at radius 3 is 2.48 bits per heavy atom. The number of nitrogens with one attached hydrogen (secondary N) is 2. The van der Waals surface area contributed by atoms with Crippen molar-refractivity contribution in [2.45, 2.75) is 34.2 Å². The zero-order valence-electron chi connectivity index (χ0n) is 16.1. The molecule has 0 spiro atoms. The van der Waals surface area contributed by atoms with E-state index in [9.17, 15) is 4.79 Å². The van der Waals surface area contributed by atoms with Crippen LogP contribution in [0.4, 0.5) is 11.5 Å². The van der Waals surface area contributed by atoms with Crippen molar-refractivity contribution in [1.29, 1.82) is 0 Å². The van der Waals surface area contributed by atoms with Gasteiger partial charge in [0.25, 0.3) is 5.91 Å². The van der Waals surface area contributed by atoms with Gasteiger partial charge in [-0.25, -0.2) is 9.97 Å². The molecule has 0 radical (unpaired) electrons. The number of rotatable bonds is 5. The van der Waals surface area contributed by atoms with Crippen LogP contribution in [0.5, 0.6) is 0 Å². The molecule has 0 fully saturated rings. The summed E-state index contributed by atoms with van der Waals surface area (Å²) in [6.07, 6.45) is 0. The minimum atomic E-state index is -0.217. The Bertz CT molecular complexity index is 982. The van der Waals surface area contributed by atoms with Gasteiger partial charge in [0.2, 0.25) is 0 Å². The van der Waals surface area contributed by atoms with E-state index in [4.69, 9.17) is 0 Å². The molecule has 27 heavy (non-hydrogen) atoms. The van der Waals surface area contributed by atoms with E-state index < -0.39 is 0 Å². The smallest absolute Gasteiger partial charge is 0.270 e. The first-order chi connectivity index (χ1) is 12.9. The summed E-state index contributed by atoms with van der Waals surface area (Å²) in [5.41, 5.74) is 5.82. The number of anilines is 2. The second-order valence-corrected chi connectivity index (χ2v) is 6.80. The quantitative estimate of drug-likeness (QED) is 0.708. The Morgan fingerprint density at radius 1 is 0.926 bits per heavy atom. The van der Waals surface area contributed by atoms with Gasteiger partial charge in [0.05, 0.1) is 0 Å². The van der Waals surface area contributed by atoms with Crippen molar-refractivity contribution >= 4 is 17.4 Å². The normalized spacial score (nSPS) is 10.5. The molecule has 2 aromatic carbocycles. The van der Waals surface area contributed by atoms with Gasteiger partial charge in [-0.05, 0) is 50.5 Å². The van der Waals surface area contributed by atoms with Crippen molar-refractivity contribution in [3.05, 3.63) is 82.3 Å². The first kappa shape index (κ1) is 18.6. The molecule has 3 aromatic rings. The van der Waals surface area contributed by atoms with Crippen molar-refractivity contribution in [1.82, 2.24) is 15.3 Å². The van der Waals surface area contributed by atoms with Gasteiger partial charge in [0.15, 0.2) is 0 Å². The molecule has 0 unspecified atom stereocenters. The topological polar surface area (TPSA) is 66.9 Å². The van der Waals surface area contributed by atoms with Gasteiger partial charge in [-0.3, -0.25) is 4.79 Å². The molecule has 2 N–H and O–H groups in total. The fourth-order valence-corrected chi connectivity index (χ4v) is 2.85. The molecular formula is C22H24N4O. The van der Waals surface area contributed by atoms with E-state index in [1.807, 2.05) is 39.0 Å². The van der Waals surface area contributed by atoms with Crippen LogP contribution in [-0.4, -0.2) is 15.9 Å². The van der Waals surface area contributed by atoms with Crippen molar-refractivity contribution in [3.8, 4) is 0 Å². The third-order valence-corrected chi connectivity index (χ3v) is 4.26. The average molecular weight is 360 g/mol. The summed E-state index contributed by atoms with van der Waals surface area (Å²) in [7, 11) is 0. The SMILES string of the molecule is Cc1cccc(CNC(=O)c2cc(Nc3cc(C)ccc3C)nc(C)n2)c1. The maximum absolute atomic E-state index is 12.6. The van der Waals surface area contributed by atoms with Gasteiger partial charge in [-0.1, -0.05) is 42.0 Å². The summed E-state index contributed by atoms with van der Waals surface area (Å²) >= 11 is 0.